The van der Waals surface area contributed by atoms with E-state index >= 15 is 0 Å². The van der Waals surface area contributed by atoms with E-state index < -0.39 is 22.7 Å². The molecule has 0 aromatic carbocycles. The van der Waals surface area contributed by atoms with Crippen LogP contribution in [-0.2, 0) is 14.4 Å². The molecule has 2 fully saturated rings. The summed E-state index contributed by atoms with van der Waals surface area (Å²) in [7, 11) is 0. The maximum atomic E-state index is 12.2. The van der Waals surface area contributed by atoms with Crippen LogP contribution >= 0.6 is 11.8 Å². The Morgan fingerprint density at radius 1 is 1.52 bits per heavy atom. The van der Waals surface area contributed by atoms with Crippen molar-refractivity contribution < 1.29 is 23.9 Å². The Hall–Kier alpha value is -2.22. The quantitative estimate of drug-likeness (QED) is 0.631. The van der Waals surface area contributed by atoms with Crippen LogP contribution in [-0.4, -0.2) is 44.0 Å². The number of thioether (sulfide) groups is 1. The standard InChI is InChI=1S/C12H13NO4S.C3H5NO/c1-12(2)8(11(15)16)13-9(14)7(10(13)18-12)6-3-4-17-5-6;1-2-3(4)5/h3-5,7-8,10H,1-2H3,(H,15,16);2H,1H2,(H2,4,5)/t7-,8+,10-;/m1./s1. The molecule has 7 nitrogen and oxygen atoms in total. The molecule has 2 saturated heterocycles. The second kappa shape index (κ2) is 6.11. The molecule has 23 heavy (non-hydrogen) atoms. The number of primary amides is 1. The third-order valence-corrected chi connectivity index (χ3v) is 5.35. The van der Waals surface area contributed by atoms with Gasteiger partial charge in [0.1, 0.15) is 6.04 Å². The van der Waals surface area contributed by atoms with Crippen LogP contribution in [0, 0.1) is 0 Å². The zero-order valence-corrected chi connectivity index (χ0v) is 13.6. The molecule has 124 valence electrons. The summed E-state index contributed by atoms with van der Waals surface area (Å²) in [5.74, 6) is -1.80. The monoisotopic (exact) mass is 338 g/mol. The molecule has 0 radical (unpaired) electrons. The first kappa shape index (κ1) is 17.1. The SMILES string of the molecule is C=CC(N)=O.CC1(C)S[C@@H]2[C@H](c3ccoc3)C(=O)N2[C@H]1C(=O)O. The van der Waals surface area contributed by atoms with E-state index in [4.69, 9.17) is 4.42 Å². The minimum absolute atomic E-state index is 0.0915. The molecule has 1 aromatic rings. The normalized spacial score (nSPS) is 27.3. The fraction of sp³-hybridized carbons (Fsp3) is 0.400. The van der Waals surface area contributed by atoms with Crippen molar-refractivity contribution in [2.45, 2.75) is 35.9 Å². The van der Waals surface area contributed by atoms with E-state index in [1.165, 1.54) is 11.2 Å². The summed E-state index contributed by atoms with van der Waals surface area (Å²) < 4.78 is 4.53. The van der Waals surface area contributed by atoms with Crippen molar-refractivity contribution in [1.29, 1.82) is 0 Å². The largest absolute Gasteiger partial charge is 0.480 e. The van der Waals surface area contributed by atoms with Crippen LogP contribution in [0.1, 0.15) is 25.3 Å². The van der Waals surface area contributed by atoms with Gasteiger partial charge in [-0.3, -0.25) is 9.59 Å². The lowest BCUT2D eigenvalue weighted by Crippen LogP contribution is -2.61. The minimum atomic E-state index is -0.936. The predicted molar refractivity (Wildman–Crippen MR) is 84.6 cm³/mol. The minimum Gasteiger partial charge on any atom is -0.480 e. The van der Waals surface area contributed by atoms with Crippen molar-refractivity contribution in [3.63, 3.8) is 0 Å². The number of fused-ring (bicyclic) bond motifs is 1. The van der Waals surface area contributed by atoms with Crippen LogP contribution in [0.15, 0.2) is 35.7 Å². The molecule has 0 spiro atoms. The maximum absolute atomic E-state index is 12.2. The Labute approximate surface area is 137 Å². The average molecular weight is 338 g/mol. The lowest BCUT2D eigenvalue weighted by molar-refractivity contribution is -0.159. The number of carboxylic acids is 1. The van der Waals surface area contributed by atoms with Crippen LogP contribution in [0.3, 0.4) is 0 Å². The summed E-state index contributed by atoms with van der Waals surface area (Å²) in [5.41, 5.74) is 5.36. The summed E-state index contributed by atoms with van der Waals surface area (Å²) in [6, 6.07) is 1.02. The highest BCUT2D eigenvalue weighted by Crippen LogP contribution is 2.56. The number of carboxylic acid groups (broad SMARTS) is 1. The van der Waals surface area contributed by atoms with Crippen LogP contribution in [0.5, 0.6) is 0 Å². The summed E-state index contributed by atoms with van der Waals surface area (Å²) >= 11 is 1.55. The van der Waals surface area contributed by atoms with Crippen LogP contribution < -0.4 is 5.73 Å². The lowest BCUT2D eigenvalue weighted by Gasteiger charge is -2.43. The van der Waals surface area contributed by atoms with Gasteiger partial charge in [0.2, 0.25) is 11.8 Å². The molecule has 0 aliphatic carbocycles. The number of carbonyl (C=O) groups is 3. The van der Waals surface area contributed by atoms with Gasteiger partial charge in [-0.1, -0.05) is 6.58 Å². The summed E-state index contributed by atoms with van der Waals surface area (Å²) in [5, 5.41) is 9.19. The van der Waals surface area contributed by atoms with Gasteiger partial charge in [0.15, 0.2) is 0 Å². The highest BCUT2D eigenvalue weighted by Gasteiger charge is 2.64. The number of carbonyl (C=O) groups excluding carboxylic acids is 2. The molecule has 8 heteroatoms. The molecule has 3 heterocycles. The molecule has 3 atom stereocenters. The highest BCUT2D eigenvalue weighted by molar-refractivity contribution is 8.01. The third-order valence-electron chi connectivity index (χ3n) is 3.78. The van der Waals surface area contributed by atoms with E-state index in [2.05, 4.69) is 12.3 Å². The Morgan fingerprint density at radius 2 is 2.13 bits per heavy atom. The smallest absolute Gasteiger partial charge is 0.327 e. The van der Waals surface area contributed by atoms with E-state index in [0.717, 1.165) is 11.6 Å². The number of hydrogen-bond acceptors (Lipinski definition) is 5. The second-order valence-corrected chi connectivity index (χ2v) is 7.51. The number of nitrogens with two attached hydrogens (primary N) is 1. The first-order valence-corrected chi connectivity index (χ1v) is 7.75. The second-order valence-electron chi connectivity index (χ2n) is 5.74. The molecule has 3 rings (SSSR count). The molecule has 0 saturated carbocycles. The molecular formula is C15H18N2O5S. The number of furan rings is 1. The molecule has 3 N–H and O–H groups in total. The summed E-state index contributed by atoms with van der Waals surface area (Å²) in [6.07, 6.45) is 4.15. The van der Waals surface area contributed by atoms with Crippen molar-refractivity contribution in [2.24, 2.45) is 5.73 Å². The van der Waals surface area contributed by atoms with E-state index in [1.807, 2.05) is 13.8 Å². The van der Waals surface area contributed by atoms with Gasteiger partial charge in [-0.15, -0.1) is 11.8 Å². The fourth-order valence-electron chi connectivity index (χ4n) is 2.77. The average Bonchev–Trinajstić information content (AvgIpc) is 3.04. The highest BCUT2D eigenvalue weighted by atomic mass is 32.2. The molecule has 2 aliphatic rings. The molecule has 2 aliphatic heterocycles. The number of nitrogens with zero attached hydrogens (tertiary/aromatic N) is 1. The third kappa shape index (κ3) is 2.98. The van der Waals surface area contributed by atoms with Crippen LogP contribution in [0.25, 0.3) is 0 Å². The van der Waals surface area contributed by atoms with Gasteiger partial charge in [0.25, 0.3) is 0 Å². The zero-order valence-electron chi connectivity index (χ0n) is 12.8. The number of β-lactam (4-membered cyclic amide) rings is 1. The summed E-state index contributed by atoms with van der Waals surface area (Å²) in [4.78, 5) is 34.4. The molecule has 0 bridgehead atoms. The van der Waals surface area contributed by atoms with E-state index in [1.54, 1.807) is 24.1 Å². The number of hydrogen-bond donors (Lipinski definition) is 2. The first-order valence-electron chi connectivity index (χ1n) is 6.87. The Morgan fingerprint density at radius 3 is 2.57 bits per heavy atom. The van der Waals surface area contributed by atoms with E-state index in [0.29, 0.717) is 0 Å². The summed E-state index contributed by atoms with van der Waals surface area (Å²) in [6.45, 7) is 6.82. The predicted octanol–water partition coefficient (Wildman–Crippen LogP) is 1.17. The van der Waals surface area contributed by atoms with Gasteiger partial charge in [-0.25, -0.2) is 4.79 Å². The molecule has 0 unspecified atom stereocenters. The molecular weight excluding hydrogens is 320 g/mol. The van der Waals surface area contributed by atoms with Crippen molar-refractivity contribution in [1.82, 2.24) is 4.90 Å². The van der Waals surface area contributed by atoms with Crippen LogP contribution in [0.4, 0.5) is 0 Å². The zero-order chi connectivity index (χ0) is 17.4. The first-order chi connectivity index (χ1) is 10.7. The topological polar surface area (TPSA) is 114 Å². The Kier molecular flexibility index (Phi) is 4.56. The van der Waals surface area contributed by atoms with Gasteiger partial charge in [-0.05, 0) is 26.0 Å². The van der Waals surface area contributed by atoms with Crippen molar-refractivity contribution in [3.8, 4) is 0 Å². The van der Waals surface area contributed by atoms with Gasteiger partial charge in [0, 0.05) is 10.3 Å². The number of aliphatic carboxylic acids is 1. The molecule has 2 amide bonds. The maximum Gasteiger partial charge on any atom is 0.327 e. The van der Waals surface area contributed by atoms with Gasteiger partial charge in [-0.2, -0.15) is 0 Å². The number of rotatable bonds is 3. The van der Waals surface area contributed by atoms with Crippen molar-refractivity contribution in [3.05, 3.63) is 36.8 Å². The van der Waals surface area contributed by atoms with Crippen molar-refractivity contribution >= 4 is 29.5 Å². The lowest BCUT2D eigenvalue weighted by atomic mass is 9.88. The van der Waals surface area contributed by atoms with E-state index in [9.17, 15) is 19.5 Å². The van der Waals surface area contributed by atoms with Gasteiger partial charge < -0.3 is 20.2 Å². The van der Waals surface area contributed by atoms with E-state index in [-0.39, 0.29) is 17.2 Å². The Bertz CT molecular complexity index is 640. The van der Waals surface area contributed by atoms with Crippen LogP contribution in [0.2, 0.25) is 0 Å². The van der Waals surface area contributed by atoms with Crippen molar-refractivity contribution in [2.75, 3.05) is 0 Å². The van der Waals surface area contributed by atoms with Gasteiger partial charge in [0.05, 0.1) is 23.8 Å². The number of amides is 2. The van der Waals surface area contributed by atoms with Gasteiger partial charge >= 0.3 is 5.97 Å². The Balaban J connectivity index is 0.000000338. The molecule has 1 aromatic heterocycles. The fourth-order valence-corrected chi connectivity index (χ4v) is 4.49.